The zero-order valence-electron chi connectivity index (χ0n) is 12.0. The largest absolute Gasteiger partial charge is 0.396 e. The molecule has 0 unspecified atom stereocenters. The molecule has 4 N–H and O–H groups in total. The van der Waals surface area contributed by atoms with Gasteiger partial charge >= 0.3 is 0 Å². The van der Waals surface area contributed by atoms with Crippen LogP contribution in [0.25, 0.3) is 0 Å². The van der Waals surface area contributed by atoms with Crippen molar-refractivity contribution in [1.82, 2.24) is 5.32 Å². The molecular weight excluding hydrogens is 278 g/mol. The minimum Gasteiger partial charge on any atom is -0.396 e. The molecule has 1 saturated carbocycles. The first kappa shape index (κ1) is 15.7. The van der Waals surface area contributed by atoms with Crippen LogP contribution in [0.4, 0.5) is 14.5 Å². The van der Waals surface area contributed by atoms with Crippen molar-refractivity contribution in [3.05, 3.63) is 29.3 Å². The predicted molar refractivity (Wildman–Crippen MR) is 75.7 cm³/mol. The number of aliphatic hydroxyl groups is 1. The predicted octanol–water partition coefficient (Wildman–Crippen LogP) is 2.22. The summed E-state index contributed by atoms with van der Waals surface area (Å²) in [6, 6.07) is 2.04. The van der Waals surface area contributed by atoms with Crippen molar-refractivity contribution in [2.24, 2.45) is 5.92 Å². The van der Waals surface area contributed by atoms with Gasteiger partial charge in [-0.1, -0.05) is 6.92 Å². The van der Waals surface area contributed by atoms with E-state index in [0.717, 1.165) is 25.0 Å². The molecule has 1 aliphatic rings. The van der Waals surface area contributed by atoms with Crippen LogP contribution >= 0.6 is 0 Å². The van der Waals surface area contributed by atoms with E-state index in [1.807, 2.05) is 0 Å². The van der Waals surface area contributed by atoms with Crippen molar-refractivity contribution in [3.8, 4) is 0 Å². The molecule has 0 bridgehead atoms. The van der Waals surface area contributed by atoms with Gasteiger partial charge in [0.1, 0.15) is 11.4 Å². The first-order valence-corrected chi connectivity index (χ1v) is 7.05. The number of nitrogens with one attached hydrogen (secondary N) is 1. The van der Waals surface area contributed by atoms with E-state index in [1.54, 1.807) is 0 Å². The molecule has 0 radical (unpaired) electrons. The lowest BCUT2D eigenvalue weighted by atomic mass is 9.77. The van der Waals surface area contributed by atoms with E-state index in [1.165, 1.54) is 0 Å². The molecule has 0 aliphatic heterocycles. The van der Waals surface area contributed by atoms with Crippen molar-refractivity contribution >= 4 is 11.6 Å². The highest BCUT2D eigenvalue weighted by Gasteiger charge is 2.36. The van der Waals surface area contributed by atoms with Gasteiger partial charge in [-0.2, -0.15) is 0 Å². The van der Waals surface area contributed by atoms with Gasteiger partial charge in [-0.3, -0.25) is 4.79 Å². The number of benzene rings is 1. The molecule has 1 fully saturated rings. The van der Waals surface area contributed by atoms with Gasteiger partial charge in [0.05, 0.1) is 17.8 Å². The van der Waals surface area contributed by atoms with Crippen LogP contribution in [0, 0.1) is 17.6 Å². The molecule has 0 atom stereocenters. The van der Waals surface area contributed by atoms with E-state index in [4.69, 9.17) is 5.73 Å². The molecule has 0 heterocycles. The minimum absolute atomic E-state index is 0.253. The molecule has 0 saturated heterocycles. The van der Waals surface area contributed by atoms with E-state index < -0.39 is 28.6 Å². The number of amides is 1. The zero-order valence-corrected chi connectivity index (χ0v) is 12.0. The molecule has 2 rings (SSSR count). The summed E-state index contributed by atoms with van der Waals surface area (Å²) < 4.78 is 27.6. The number of hydrogen-bond acceptors (Lipinski definition) is 3. The number of carbonyl (C=O) groups excluding carboxylic acids is 1. The lowest BCUT2D eigenvalue weighted by Gasteiger charge is -2.38. The lowest BCUT2D eigenvalue weighted by Crippen LogP contribution is -2.53. The maximum atomic E-state index is 13.9. The van der Waals surface area contributed by atoms with Crippen LogP contribution in [0.2, 0.25) is 0 Å². The summed E-state index contributed by atoms with van der Waals surface area (Å²) in [7, 11) is 0. The van der Waals surface area contributed by atoms with E-state index in [2.05, 4.69) is 12.2 Å². The quantitative estimate of drug-likeness (QED) is 0.749. The van der Waals surface area contributed by atoms with Crippen LogP contribution in [0.5, 0.6) is 0 Å². The van der Waals surface area contributed by atoms with Crippen molar-refractivity contribution in [2.45, 2.75) is 38.1 Å². The number of carbonyl (C=O) groups is 1. The van der Waals surface area contributed by atoms with Crippen LogP contribution in [-0.4, -0.2) is 23.2 Å². The Morgan fingerprint density at radius 2 is 2.05 bits per heavy atom. The fourth-order valence-electron chi connectivity index (χ4n) is 2.72. The van der Waals surface area contributed by atoms with Crippen LogP contribution in [0.1, 0.15) is 43.0 Å². The van der Waals surface area contributed by atoms with Gasteiger partial charge in [0.25, 0.3) is 5.91 Å². The summed E-state index contributed by atoms with van der Waals surface area (Å²) in [6.45, 7) is 1.84. The maximum absolute atomic E-state index is 13.9. The highest BCUT2D eigenvalue weighted by molar-refractivity contribution is 5.96. The number of anilines is 1. The summed E-state index contributed by atoms with van der Waals surface area (Å²) in [5.74, 6) is -2.38. The first-order chi connectivity index (χ1) is 9.88. The second-order valence-electron chi connectivity index (χ2n) is 5.90. The molecule has 0 spiro atoms. The van der Waals surface area contributed by atoms with Crippen LogP contribution in [-0.2, 0) is 0 Å². The molecular formula is C15H20F2N2O2. The van der Waals surface area contributed by atoms with Gasteiger partial charge < -0.3 is 16.2 Å². The van der Waals surface area contributed by atoms with Gasteiger partial charge in [-0.25, -0.2) is 8.78 Å². The highest BCUT2D eigenvalue weighted by Crippen LogP contribution is 2.32. The molecule has 21 heavy (non-hydrogen) atoms. The van der Waals surface area contributed by atoms with Gasteiger partial charge in [-0.05, 0) is 43.7 Å². The third kappa shape index (κ3) is 3.15. The molecule has 6 heteroatoms. The summed E-state index contributed by atoms with van der Waals surface area (Å²) in [6.07, 6.45) is 2.87. The lowest BCUT2D eigenvalue weighted by molar-refractivity contribution is 0.0710. The Bertz CT molecular complexity index is 541. The first-order valence-electron chi connectivity index (χ1n) is 7.05. The maximum Gasteiger partial charge on any atom is 0.257 e. The number of halogens is 2. The van der Waals surface area contributed by atoms with Crippen LogP contribution < -0.4 is 11.1 Å². The fraction of sp³-hybridized carbons (Fsp3) is 0.533. The van der Waals surface area contributed by atoms with Crippen molar-refractivity contribution in [2.75, 3.05) is 12.3 Å². The number of nitrogens with two attached hydrogens (primary N) is 1. The molecule has 4 nitrogen and oxygen atoms in total. The van der Waals surface area contributed by atoms with E-state index in [-0.39, 0.29) is 12.3 Å². The molecule has 1 aromatic carbocycles. The zero-order chi connectivity index (χ0) is 15.6. The second-order valence-corrected chi connectivity index (χ2v) is 5.90. The van der Waals surface area contributed by atoms with Crippen molar-refractivity contribution in [1.29, 1.82) is 0 Å². The van der Waals surface area contributed by atoms with Crippen LogP contribution in [0.3, 0.4) is 0 Å². The van der Waals surface area contributed by atoms with E-state index in [9.17, 15) is 18.7 Å². The summed E-state index contributed by atoms with van der Waals surface area (Å²) in [5, 5.41) is 12.2. The standard InChI is InChI=1S/C15H20F2N2O2/c1-9-4-6-15(8-20,7-5-9)19-14(21)12-10(16)2-3-11(18)13(12)17/h2-3,9,20H,4-8,18H2,1H3,(H,19,21). The summed E-state index contributed by atoms with van der Waals surface area (Å²) in [5.41, 5.74) is 3.59. The van der Waals surface area contributed by atoms with Gasteiger partial charge in [0, 0.05) is 0 Å². The average molecular weight is 298 g/mol. The molecule has 1 amide bonds. The third-order valence-electron chi connectivity index (χ3n) is 4.26. The molecule has 1 aromatic rings. The Hall–Kier alpha value is -1.69. The van der Waals surface area contributed by atoms with E-state index >= 15 is 0 Å². The number of nitrogen functional groups attached to an aromatic ring is 1. The summed E-state index contributed by atoms with van der Waals surface area (Å²) in [4.78, 5) is 12.2. The number of aliphatic hydroxyl groups excluding tert-OH is 1. The normalized spacial score (nSPS) is 25.6. The Kier molecular flexibility index (Phi) is 4.46. The smallest absolute Gasteiger partial charge is 0.257 e. The Morgan fingerprint density at radius 1 is 1.43 bits per heavy atom. The minimum atomic E-state index is -1.07. The number of hydrogen-bond donors (Lipinski definition) is 3. The van der Waals surface area contributed by atoms with Crippen molar-refractivity contribution in [3.63, 3.8) is 0 Å². The molecule has 1 aliphatic carbocycles. The van der Waals surface area contributed by atoms with Gasteiger partial charge in [-0.15, -0.1) is 0 Å². The molecule has 0 aromatic heterocycles. The topological polar surface area (TPSA) is 75.3 Å². The summed E-state index contributed by atoms with van der Waals surface area (Å²) >= 11 is 0. The highest BCUT2D eigenvalue weighted by atomic mass is 19.1. The Labute approximate surface area is 122 Å². The Balaban J connectivity index is 2.23. The molecule has 116 valence electrons. The van der Waals surface area contributed by atoms with Gasteiger partial charge in [0.2, 0.25) is 0 Å². The monoisotopic (exact) mass is 298 g/mol. The Morgan fingerprint density at radius 3 is 2.62 bits per heavy atom. The fourth-order valence-corrected chi connectivity index (χ4v) is 2.72. The third-order valence-corrected chi connectivity index (χ3v) is 4.26. The van der Waals surface area contributed by atoms with E-state index in [0.29, 0.717) is 18.8 Å². The van der Waals surface area contributed by atoms with Crippen LogP contribution in [0.15, 0.2) is 12.1 Å². The average Bonchev–Trinajstić information content (AvgIpc) is 2.46. The number of rotatable bonds is 3. The SMILES string of the molecule is CC1CCC(CO)(NC(=O)c2c(F)ccc(N)c2F)CC1. The van der Waals surface area contributed by atoms with Gasteiger partial charge in [0.15, 0.2) is 5.82 Å². The second kappa shape index (κ2) is 5.97. The van der Waals surface area contributed by atoms with Crippen molar-refractivity contribution < 1.29 is 18.7 Å².